The van der Waals surface area contributed by atoms with E-state index in [-0.39, 0.29) is 6.04 Å². The summed E-state index contributed by atoms with van der Waals surface area (Å²) >= 11 is 12.0. The Labute approximate surface area is 113 Å². The molecule has 0 saturated heterocycles. The summed E-state index contributed by atoms with van der Waals surface area (Å²) in [4.78, 5) is 0. The van der Waals surface area contributed by atoms with Gasteiger partial charge in [0.1, 0.15) is 0 Å². The fourth-order valence-electron chi connectivity index (χ4n) is 1.56. The highest BCUT2D eigenvalue weighted by Gasteiger charge is 2.14. The quantitative estimate of drug-likeness (QED) is 0.857. The van der Waals surface area contributed by atoms with Gasteiger partial charge in [0.2, 0.25) is 0 Å². The molecule has 0 radical (unpaired) electrons. The van der Waals surface area contributed by atoms with E-state index < -0.39 is 5.60 Å². The molecule has 0 heterocycles. The average Bonchev–Trinajstić information content (AvgIpc) is 2.15. The molecule has 0 bridgehead atoms. The van der Waals surface area contributed by atoms with Crippen LogP contribution in [0, 0.1) is 0 Å². The lowest BCUT2D eigenvalue weighted by atomic mass is 10.0. The molecule has 1 aromatic rings. The number of rotatable bonds is 5. The molecular formula is C13H19Cl2NO. The number of hydrogen-bond acceptors (Lipinski definition) is 2. The van der Waals surface area contributed by atoms with Gasteiger partial charge in [-0.2, -0.15) is 0 Å². The van der Waals surface area contributed by atoms with Gasteiger partial charge in [-0.15, -0.1) is 0 Å². The molecular weight excluding hydrogens is 257 g/mol. The minimum atomic E-state index is -0.642. The zero-order valence-electron chi connectivity index (χ0n) is 10.4. The van der Waals surface area contributed by atoms with Gasteiger partial charge in [0.15, 0.2) is 0 Å². The van der Waals surface area contributed by atoms with Crippen LogP contribution in [0.15, 0.2) is 18.2 Å². The molecule has 96 valence electrons. The van der Waals surface area contributed by atoms with Crippen LogP contribution in [-0.4, -0.2) is 17.3 Å². The van der Waals surface area contributed by atoms with Crippen LogP contribution in [-0.2, 0) is 0 Å². The van der Waals surface area contributed by atoms with Crippen molar-refractivity contribution in [2.24, 2.45) is 0 Å². The molecule has 0 aromatic heterocycles. The van der Waals surface area contributed by atoms with E-state index in [4.69, 9.17) is 23.2 Å². The van der Waals surface area contributed by atoms with Crippen molar-refractivity contribution in [3.05, 3.63) is 33.8 Å². The first-order valence-electron chi connectivity index (χ1n) is 5.70. The molecule has 1 unspecified atom stereocenters. The summed E-state index contributed by atoms with van der Waals surface area (Å²) in [6.07, 6.45) is 0.697. The summed E-state index contributed by atoms with van der Waals surface area (Å²) in [6, 6.07) is 5.64. The molecule has 17 heavy (non-hydrogen) atoms. The lowest BCUT2D eigenvalue weighted by molar-refractivity contribution is 0.0705. The smallest absolute Gasteiger partial charge is 0.0603 e. The maximum atomic E-state index is 9.61. The first-order valence-corrected chi connectivity index (χ1v) is 6.46. The van der Waals surface area contributed by atoms with Gasteiger partial charge in [-0.05, 0) is 51.4 Å². The zero-order valence-corrected chi connectivity index (χ0v) is 11.9. The number of hydrogen-bond donors (Lipinski definition) is 2. The van der Waals surface area contributed by atoms with Crippen LogP contribution in [0.1, 0.15) is 38.8 Å². The molecule has 1 aromatic carbocycles. The summed E-state index contributed by atoms with van der Waals surface area (Å²) < 4.78 is 0. The van der Waals surface area contributed by atoms with Crippen LogP contribution in [0.5, 0.6) is 0 Å². The van der Waals surface area contributed by atoms with Crippen LogP contribution in [0.3, 0.4) is 0 Å². The second-order valence-electron chi connectivity index (χ2n) is 4.90. The zero-order chi connectivity index (χ0) is 13.1. The van der Waals surface area contributed by atoms with Gasteiger partial charge in [0.05, 0.1) is 5.60 Å². The second kappa shape index (κ2) is 6.05. The molecule has 2 nitrogen and oxygen atoms in total. The summed E-state index contributed by atoms with van der Waals surface area (Å²) in [6.45, 7) is 6.38. The monoisotopic (exact) mass is 275 g/mol. The van der Waals surface area contributed by atoms with Gasteiger partial charge in [0, 0.05) is 16.1 Å². The third-order valence-corrected chi connectivity index (χ3v) is 3.18. The summed E-state index contributed by atoms with van der Waals surface area (Å²) in [5.74, 6) is 0. The minimum absolute atomic E-state index is 0.141. The van der Waals surface area contributed by atoms with Crippen LogP contribution >= 0.6 is 23.2 Å². The van der Waals surface area contributed by atoms with E-state index >= 15 is 0 Å². The van der Waals surface area contributed by atoms with Crippen molar-refractivity contribution in [3.63, 3.8) is 0 Å². The molecule has 0 aliphatic rings. The van der Waals surface area contributed by atoms with Gasteiger partial charge < -0.3 is 10.4 Å². The van der Waals surface area contributed by atoms with E-state index in [1.165, 1.54) is 0 Å². The molecule has 0 fully saturated rings. The van der Waals surface area contributed by atoms with E-state index in [0.29, 0.717) is 16.5 Å². The molecule has 0 aliphatic carbocycles. The van der Waals surface area contributed by atoms with Crippen molar-refractivity contribution in [1.82, 2.24) is 5.32 Å². The third-order valence-electron chi connectivity index (χ3n) is 2.62. The minimum Gasteiger partial charge on any atom is -0.390 e. The molecule has 0 aliphatic heterocycles. The molecule has 2 N–H and O–H groups in total. The van der Waals surface area contributed by atoms with E-state index in [9.17, 15) is 5.11 Å². The van der Waals surface area contributed by atoms with Gasteiger partial charge in [-0.25, -0.2) is 0 Å². The molecule has 1 rings (SSSR count). The number of nitrogens with one attached hydrogen (secondary N) is 1. The third kappa shape index (κ3) is 5.26. The van der Waals surface area contributed by atoms with E-state index in [2.05, 4.69) is 5.32 Å². The highest BCUT2D eigenvalue weighted by atomic mass is 35.5. The highest BCUT2D eigenvalue weighted by molar-refractivity contribution is 6.35. The van der Waals surface area contributed by atoms with E-state index in [1.807, 2.05) is 19.1 Å². The fourth-order valence-corrected chi connectivity index (χ4v) is 2.13. The van der Waals surface area contributed by atoms with Gasteiger partial charge >= 0.3 is 0 Å². The van der Waals surface area contributed by atoms with Crippen LogP contribution < -0.4 is 5.32 Å². The standard InChI is InChI=1S/C13H19Cl2NO/c1-9(16-7-6-13(2,3)17)11-5-4-10(14)8-12(11)15/h4-5,8-9,16-17H,6-7H2,1-3H3. The van der Waals surface area contributed by atoms with Crippen molar-refractivity contribution < 1.29 is 5.11 Å². The number of aliphatic hydroxyl groups is 1. The Balaban J connectivity index is 2.55. The molecule has 0 spiro atoms. The van der Waals surface area contributed by atoms with Crippen LogP contribution in [0.4, 0.5) is 0 Å². The van der Waals surface area contributed by atoms with Crippen molar-refractivity contribution >= 4 is 23.2 Å². The lowest BCUT2D eigenvalue weighted by Crippen LogP contribution is -2.28. The summed E-state index contributed by atoms with van der Waals surface area (Å²) in [5.41, 5.74) is 0.378. The van der Waals surface area contributed by atoms with Crippen molar-refractivity contribution in [3.8, 4) is 0 Å². The Morgan fingerprint density at radius 3 is 2.53 bits per heavy atom. The van der Waals surface area contributed by atoms with Crippen LogP contribution in [0.25, 0.3) is 0 Å². The molecule has 0 saturated carbocycles. The Kier molecular flexibility index (Phi) is 5.26. The maximum absolute atomic E-state index is 9.61. The number of benzene rings is 1. The first-order chi connectivity index (χ1) is 7.79. The topological polar surface area (TPSA) is 32.3 Å². The Hall–Kier alpha value is -0.280. The van der Waals surface area contributed by atoms with Gasteiger partial charge in [-0.1, -0.05) is 29.3 Å². The summed E-state index contributed by atoms with van der Waals surface area (Å²) in [7, 11) is 0. The lowest BCUT2D eigenvalue weighted by Gasteiger charge is -2.20. The van der Waals surface area contributed by atoms with Crippen molar-refractivity contribution in [2.45, 2.75) is 38.8 Å². The Morgan fingerprint density at radius 2 is 2.00 bits per heavy atom. The van der Waals surface area contributed by atoms with Gasteiger partial charge in [0.25, 0.3) is 0 Å². The van der Waals surface area contributed by atoms with E-state index in [0.717, 1.165) is 12.1 Å². The first kappa shape index (κ1) is 14.8. The average molecular weight is 276 g/mol. The highest BCUT2D eigenvalue weighted by Crippen LogP contribution is 2.26. The predicted octanol–water partition coefficient (Wildman–Crippen LogP) is 3.81. The summed E-state index contributed by atoms with van der Waals surface area (Å²) in [5, 5.41) is 14.2. The van der Waals surface area contributed by atoms with Crippen LogP contribution in [0.2, 0.25) is 10.0 Å². The normalized spacial score (nSPS) is 13.8. The van der Waals surface area contributed by atoms with Gasteiger partial charge in [-0.3, -0.25) is 0 Å². The Morgan fingerprint density at radius 1 is 1.35 bits per heavy atom. The SMILES string of the molecule is CC(NCCC(C)(C)O)c1ccc(Cl)cc1Cl. The Bertz CT molecular complexity index is 374. The maximum Gasteiger partial charge on any atom is 0.0603 e. The predicted molar refractivity (Wildman–Crippen MR) is 73.8 cm³/mol. The largest absolute Gasteiger partial charge is 0.390 e. The number of halogens is 2. The van der Waals surface area contributed by atoms with Crippen molar-refractivity contribution in [2.75, 3.05) is 6.54 Å². The molecule has 4 heteroatoms. The molecule has 1 atom stereocenters. The van der Waals surface area contributed by atoms with E-state index in [1.54, 1.807) is 19.9 Å². The molecule has 0 amide bonds. The fraction of sp³-hybridized carbons (Fsp3) is 0.538. The second-order valence-corrected chi connectivity index (χ2v) is 5.75. The van der Waals surface area contributed by atoms with Crippen molar-refractivity contribution in [1.29, 1.82) is 0 Å².